The first-order valence-electron chi connectivity index (χ1n) is 10.00. The minimum atomic E-state index is -0.746. The van der Waals surface area contributed by atoms with Crippen LogP contribution in [0.25, 0.3) is 22.3 Å². The molecule has 0 aliphatic carbocycles. The summed E-state index contributed by atoms with van der Waals surface area (Å²) in [6, 6.07) is 5.91. The van der Waals surface area contributed by atoms with E-state index in [1.807, 2.05) is 33.8 Å². The summed E-state index contributed by atoms with van der Waals surface area (Å²) in [5.41, 5.74) is 2.65. The molecule has 3 N–H and O–H groups in total. The summed E-state index contributed by atoms with van der Waals surface area (Å²) in [7, 11) is 0. The number of phenols is 3. The molecule has 1 aliphatic heterocycles. The molecule has 6 heteroatoms. The first-order chi connectivity index (χ1) is 14.7. The van der Waals surface area contributed by atoms with Crippen LogP contribution in [0.2, 0.25) is 0 Å². The Kier molecular flexibility index (Phi) is 5.01. The molecule has 0 radical (unpaired) electrons. The molecule has 31 heavy (non-hydrogen) atoms. The van der Waals surface area contributed by atoms with Crippen molar-refractivity contribution in [2.45, 2.75) is 40.2 Å². The Labute approximate surface area is 179 Å². The standard InChI is InChI=1S/C25H24O6/c1-12(2)5-7-15-17(27)11-20-21(23(15)28)24(29)22-19(9-13(3)4)30-18-10-14(26)6-8-16(18)25(22)31-20/h5-6,8-11,19,26-28H,7H2,1-4H3/t19-/m0/s1. The summed E-state index contributed by atoms with van der Waals surface area (Å²) in [6.45, 7) is 7.60. The molecule has 0 saturated heterocycles. The fraction of sp³-hybridized carbons (Fsp3) is 0.240. The average Bonchev–Trinajstić information content (AvgIpc) is 2.66. The Bertz CT molecular complexity index is 1320. The first kappa shape index (κ1) is 20.6. The number of allylic oxidation sites excluding steroid dienone is 3. The molecule has 2 aromatic carbocycles. The number of hydrogen-bond acceptors (Lipinski definition) is 6. The van der Waals surface area contributed by atoms with Gasteiger partial charge >= 0.3 is 0 Å². The van der Waals surface area contributed by atoms with Gasteiger partial charge in [-0.15, -0.1) is 0 Å². The van der Waals surface area contributed by atoms with Crippen LogP contribution in [-0.4, -0.2) is 15.3 Å². The van der Waals surface area contributed by atoms with Crippen molar-refractivity contribution in [1.29, 1.82) is 0 Å². The van der Waals surface area contributed by atoms with Gasteiger partial charge in [-0.05, 0) is 52.3 Å². The number of hydrogen-bond donors (Lipinski definition) is 3. The summed E-state index contributed by atoms with van der Waals surface area (Å²) in [5.74, 6) is 0.254. The van der Waals surface area contributed by atoms with Crippen LogP contribution in [0.3, 0.4) is 0 Å². The number of benzene rings is 2. The van der Waals surface area contributed by atoms with E-state index in [4.69, 9.17) is 9.15 Å². The van der Waals surface area contributed by atoms with Gasteiger partial charge in [-0.25, -0.2) is 0 Å². The van der Waals surface area contributed by atoms with Crippen LogP contribution in [0.1, 0.15) is 44.9 Å². The molecule has 0 fully saturated rings. The number of phenolic OH excluding ortho intramolecular Hbond substituents is 3. The van der Waals surface area contributed by atoms with Crippen LogP contribution in [0.5, 0.6) is 23.0 Å². The van der Waals surface area contributed by atoms with Crippen LogP contribution in [0, 0.1) is 0 Å². The predicted molar refractivity (Wildman–Crippen MR) is 119 cm³/mol. The summed E-state index contributed by atoms with van der Waals surface area (Å²) < 4.78 is 12.1. The highest BCUT2D eigenvalue weighted by Gasteiger charge is 2.32. The van der Waals surface area contributed by atoms with E-state index in [1.54, 1.807) is 12.1 Å². The third-order valence-electron chi connectivity index (χ3n) is 5.22. The van der Waals surface area contributed by atoms with Crippen molar-refractivity contribution in [3.63, 3.8) is 0 Å². The lowest BCUT2D eigenvalue weighted by Gasteiger charge is -2.26. The Balaban J connectivity index is 2.07. The quantitative estimate of drug-likeness (QED) is 0.485. The van der Waals surface area contributed by atoms with E-state index in [0.29, 0.717) is 11.3 Å². The number of rotatable bonds is 3. The highest BCUT2D eigenvalue weighted by molar-refractivity contribution is 5.90. The molecule has 160 valence electrons. The third-order valence-corrected chi connectivity index (χ3v) is 5.22. The molecule has 0 bridgehead atoms. The Morgan fingerprint density at radius 1 is 1.06 bits per heavy atom. The summed E-state index contributed by atoms with van der Waals surface area (Å²) in [4.78, 5) is 13.6. The molecular weight excluding hydrogens is 396 g/mol. The number of fused-ring (bicyclic) bond motifs is 4. The second-order valence-corrected chi connectivity index (χ2v) is 8.22. The molecular formula is C25H24O6. The van der Waals surface area contributed by atoms with Crippen LogP contribution in [0.4, 0.5) is 0 Å². The van der Waals surface area contributed by atoms with E-state index in [2.05, 4.69) is 0 Å². The maximum atomic E-state index is 13.6. The highest BCUT2D eigenvalue weighted by atomic mass is 16.5. The van der Waals surface area contributed by atoms with Gasteiger partial charge in [-0.2, -0.15) is 0 Å². The maximum absolute atomic E-state index is 13.6. The van der Waals surface area contributed by atoms with E-state index >= 15 is 0 Å². The van der Waals surface area contributed by atoms with Crippen LogP contribution in [-0.2, 0) is 6.42 Å². The SMILES string of the molecule is CC(C)=CCc1c(O)cc2oc3c(c(=O)c2c1O)[C@H](C=C(C)C)Oc1cc(O)ccc1-3. The zero-order valence-electron chi connectivity index (χ0n) is 17.8. The van der Waals surface area contributed by atoms with Gasteiger partial charge in [-0.3, -0.25) is 4.79 Å². The number of ether oxygens (including phenoxy) is 1. The maximum Gasteiger partial charge on any atom is 0.204 e. The van der Waals surface area contributed by atoms with E-state index < -0.39 is 11.5 Å². The van der Waals surface area contributed by atoms with Crippen LogP contribution in [0.15, 0.2) is 56.8 Å². The smallest absolute Gasteiger partial charge is 0.204 e. The fourth-order valence-corrected chi connectivity index (χ4v) is 3.75. The molecule has 2 heterocycles. The van der Waals surface area contributed by atoms with Gasteiger partial charge in [0.25, 0.3) is 0 Å². The molecule has 6 nitrogen and oxygen atoms in total. The monoisotopic (exact) mass is 420 g/mol. The van der Waals surface area contributed by atoms with E-state index in [1.165, 1.54) is 18.2 Å². The Morgan fingerprint density at radius 3 is 2.48 bits per heavy atom. The minimum absolute atomic E-state index is 0.00619. The van der Waals surface area contributed by atoms with Gasteiger partial charge in [0.2, 0.25) is 5.43 Å². The third kappa shape index (κ3) is 3.54. The minimum Gasteiger partial charge on any atom is -0.508 e. The van der Waals surface area contributed by atoms with Crippen molar-refractivity contribution < 1.29 is 24.5 Å². The number of aromatic hydroxyl groups is 3. The largest absolute Gasteiger partial charge is 0.508 e. The molecule has 0 spiro atoms. The molecule has 0 unspecified atom stereocenters. The molecule has 4 rings (SSSR count). The second kappa shape index (κ2) is 7.54. The van der Waals surface area contributed by atoms with Crippen molar-refractivity contribution >= 4 is 11.0 Å². The highest BCUT2D eigenvalue weighted by Crippen LogP contribution is 2.46. The average molecular weight is 420 g/mol. The van der Waals surface area contributed by atoms with Gasteiger partial charge < -0.3 is 24.5 Å². The normalized spacial score (nSPS) is 14.4. The van der Waals surface area contributed by atoms with Crippen LogP contribution < -0.4 is 10.2 Å². The van der Waals surface area contributed by atoms with E-state index in [0.717, 1.165) is 11.1 Å². The lowest BCUT2D eigenvalue weighted by Crippen LogP contribution is -2.22. The first-order valence-corrected chi connectivity index (χ1v) is 10.00. The molecule has 0 amide bonds. The van der Waals surface area contributed by atoms with Crippen molar-refractivity contribution in [2.24, 2.45) is 0 Å². The predicted octanol–water partition coefficient (Wildman–Crippen LogP) is 5.49. The van der Waals surface area contributed by atoms with Crippen molar-refractivity contribution in [1.82, 2.24) is 0 Å². The van der Waals surface area contributed by atoms with Crippen molar-refractivity contribution in [3.8, 4) is 34.3 Å². The Hall–Kier alpha value is -3.67. The zero-order chi connectivity index (χ0) is 22.4. The summed E-state index contributed by atoms with van der Waals surface area (Å²) in [6.07, 6.45) is 3.18. The second-order valence-electron chi connectivity index (χ2n) is 8.22. The molecule has 1 atom stereocenters. The lowest BCUT2D eigenvalue weighted by molar-refractivity contribution is 0.243. The zero-order valence-corrected chi connectivity index (χ0v) is 17.8. The van der Waals surface area contributed by atoms with Gasteiger partial charge in [0.05, 0.1) is 11.1 Å². The van der Waals surface area contributed by atoms with E-state index in [-0.39, 0.29) is 51.5 Å². The Morgan fingerprint density at radius 2 is 1.81 bits per heavy atom. The van der Waals surface area contributed by atoms with E-state index in [9.17, 15) is 20.1 Å². The van der Waals surface area contributed by atoms with Crippen molar-refractivity contribution in [3.05, 3.63) is 68.9 Å². The molecule has 1 aromatic heterocycles. The van der Waals surface area contributed by atoms with Crippen LogP contribution >= 0.6 is 0 Å². The lowest BCUT2D eigenvalue weighted by atomic mass is 9.94. The van der Waals surface area contributed by atoms with Gasteiger partial charge in [-0.1, -0.05) is 17.2 Å². The van der Waals surface area contributed by atoms with Gasteiger partial charge in [0, 0.05) is 17.7 Å². The molecule has 3 aromatic rings. The molecule has 0 saturated carbocycles. The van der Waals surface area contributed by atoms with Gasteiger partial charge in [0.1, 0.15) is 45.8 Å². The van der Waals surface area contributed by atoms with Gasteiger partial charge in [0.15, 0.2) is 0 Å². The molecule has 1 aliphatic rings. The topological polar surface area (TPSA) is 100 Å². The van der Waals surface area contributed by atoms with Crippen molar-refractivity contribution in [2.75, 3.05) is 0 Å². The summed E-state index contributed by atoms with van der Waals surface area (Å²) in [5, 5.41) is 31.2. The summed E-state index contributed by atoms with van der Waals surface area (Å²) >= 11 is 0. The fourth-order valence-electron chi connectivity index (χ4n) is 3.75.